The van der Waals surface area contributed by atoms with Gasteiger partial charge in [-0.25, -0.2) is 0 Å². The van der Waals surface area contributed by atoms with Crippen LogP contribution in [0.4, 0.5) is 0 Å². The third-order valence-corrected chi connectivity index (χ3v) is 9.29. The standard InChI is InChI=1S/C35H65N13O8S/c1-18(2)15-24-32(55)47-25(16-19(3)4)31(54)44-21(9-7-12-40-34(36)37)28(51)45-23(11-14-57-6)30(53)43-22(10-8-13-41-35(38)39)29(52)48-26(17-49)33(56)42-20(5)27(50)46-24/h18-26,49H,7-17H2,1-6H3,(H,42,56)(H,43,53)(H,44,54)(H,45,51)(H,46,50)(H,47,55)(H,48,52)(H4,36,37,40)(H4,38,39,41)/t20-,21-,22-,23-,24-,25-,26-/m0/s1. The maximum Gasteiger partial charge on any atom is 0.245 e. The van der Waals surface area contributed by atoms with Gasteiger partial charge >= 0.3 is 0 Å². The second-order valence-corrected chi connectivity index (χ2v) is 15.7. The number of rotatable bonds is 16. The molecule has 324 valence electrons. The minimum atomic E-state index is -1.55. The summed E-state index contributed by atoms with van der Waals surface area (Å²) in [5.41, 5.74) is 21.8. The molecule has 1 heterocycles. The van der Waals surface area contributed by atoms with Gasteiger partial charge in [-0.05, 0) is 75.7 Å². The molecule has 1 saturated heterocycles. The van der Waals surface area contributed by atoms with Crippen LogP contribution in [0.25, 0.3) is 0 Å². The van der Waals surface area contributed by atoms with Crippen molar-refractivity contribution >= 4 is 65.0 Å². The van der Waals surface area contributed by atoms with E-state index in [9.17, 15) is 38.7 Å². The number of nitrogens with one attached hydrogen (secondary N) is 7. The molecule has 1 rings (SSSR count). The van der Waals surface area contributed by atoms with E-state index in [0.717, 1.165) is 0 Å². The summed E-state index contributed by atoms with van der Waals surface area (Å²) >= 11 is 1.40. The van der Waals surface area contributed by atoms with Crippen molar-refractivity contribution in [3.05, 3.63) is 0 Å². The predicted octanol–water partition coefficient (Wildman–Crippen LogP) is -3.64. The average molecular weight is 828 g/mol. The van der Waals surface area contributed by atoms with Crippen LogP contribution in [-0.4, -0.2) is 132 Å². The highest BCUT2D eigenvalue weighted by Gasteiger charge is 2.35. The number of nitrogens with zero attached hydrogens (tertiary/aromatic N) is 2. The minimum absolute atomic E-state index is 0.0187. The van der Waals surface area contributed by atoms with Crippen molar-refractivity contribution in [1.29, 1.82) is 0 Å². The first-order chi connectivity index (χ1) is 26.8. The Kier molecular flexibility index (Phi) is 23.0. The lowest BCUT2D eigenvalue weighted by Crippen LogP contribution is -2.60. The van der Waals surface area contributed by atoms with Gasteiger partial charge in [0.15, 0.2) is 11.9 Å². The van der Waals surface area contributed by atoms with Crippen molar-refractivity contribution < 1.29 is 38.7 Å². The van der Waals surface area contributed by atoms with E-state index in [1.54, 1.807) is 6.26 Å². The van der Waals surface area contributed by atoms with Crippen LogP contribution in [0.3, 0.4) is 0 Å². The van der Waals surface area contributed by atoms with E-state index in [0.29, 0.717) is 5.75 Å². The number of nitrogens with two attached hydrogens (primary N) is 4. The summed E-state index contributed by atoms with van der Waals surface area (Å²) in [6.07, 6.45) is 2.74. The number of aliphatic imine (C=N–C) groups is 2. The number of aliphatic hydroxyl groups excluding tert-OH is 1. The molecule has 0 radical (unpaired) electrons. The zero-order valence-corrected chi connectivity index (χ0v) is 34.7. The molecular formula is C35H65N13O8S. The van der Waals surface area contributed by atoms with Crippen LogP contribution in [0.2, 0.25) is 0 Å². The van der Waals surface area contributed by atoms with Gasteiger partial charge in [-0.2, -0.15) is 11.8 Å². The average Bonchev–Trinajstić information content (AvgIpc) is 3.12. The number of carbonyl (C=O) groups excluding carboxylic acids is 7. The molecule has 0 aromatic rings. The molecule has 0 spiro atoms. The summed E-state index contributed by atoms with van der Waals surface area (Å²) < 4.78 is 0. The Balaban J connectivity index is 3.79. The molecular weight excluding hydrogens is 763 g/mol. The summed E-state index contributed by atoms with van der Waals surface area (Å²) in [7, 11) is 0. The van der Waals surface area contributed by atoms with Crippen LogP contribution in [0.1, 0.15) is 79.6 Å². The zero-order chi connectivity index (χ0) is 43.2. The van der Waals surface area contributed by atoms with Crippen molar-refractivity contribution in [3.8, 4) is 0 Å². The van der Waals surface area contributed by atoms with E-state index in [1.807, 2.05) is 27.7 Å². The highest BCUT2D eigenvalue weighted by molar-refractivity contribution is 7.98. The summed E-state index contributed by atoms with van der Waals surface area (Å²) in [5.74, 6) is -5.45. The van der Waals surface area contributed by atoms with E-state index < -0.39 is 90.3 Å². The van der Waals surface area contributed by atoms with Crippen molar-refractivity contribution in [3.63, 3.8) is 0 Å². The van der Waals surface area contributed by atoms with Crippen LogP contribution in [0.15, 0.2) is 9.98 Å². The first-order valence-electron chi connectivity index (χ1n) is 19.1. The second-order valence-electron chi connectivity index (χ2n) is 14.7. The molecule has 0 aromatic heterocycles. The molecule has 1 fully saturated rings. The van der Waals surface area contributed by atoms with E-state index >= 15 is 0 Å². The van der Waals surface area contributed by atoms with Crippen molar-refractivity contribution in [2.24, 2.45) is 44.8 Å². The molecule has 21 nitrogen and oxygen atoms in total. The number of thioether (sulfide) groups is 1. The van der Waals surface area contributed by atoms with Gasteiger partial charge < -0.3 is 65.3 Å². The van der Waals surface area contributed by atoms with E-state index in [-0.39, 0.29) is 81.8 Å². The Labute approximate surface area is 338 Å². The number of aliphatic hydroxyl groups is 1. The third-order valence-electron chi connectivity index (χ3n) is 8.65. The molecule has 0 saturated carbocycles. The molecule has 7 amide bonds. The highest BCUT2D eigenvalue weighted by atomic mass is 32.2. The Morgan fingerprint density at radius 3 is 1.26 bits per heavy atom. The molecule has 22 heteroatoms. The van der Waals surface area contributed by atoms with Crippen LogP contribution in [-0.2, 0) is 33.6 Å². The van der Waals surface area contributed by atoms with Gasteiger partial charge in [0.2, 0.25) is 41.4 Å². The Hall–Kier alpha value is -4.86. The summed E-state index contributed by atoms with van der Waals surface area (Å²) in [6, 6.07) is -8.76. The normalized spacial score (nSPS) is 24.8. The smallest absolute Gasteiger partial charge is 0.245 e. The van der Waals surface area contributed by atoms with E-state index in [1.165, 1.54) is 18.7 Å². The lowest BCUT2D eigenvalue weighted by Gasteiger charge is -2.28. The number of guanidine groups is 2. The van der Waals surface area contributed by atoms with Gasteiger partial charge in [0.1, 0.15) is 42.3 Å². The molecule has 1 aliphatic rings. The highest BCUT2D eigenvalue weighted by Crippen LogP contribution is 2.12. The topological polar surface area (TPSA) is 353 Å². The lowest BCUT2D eigenvalue weighted by atomic mass is 9.99. The number of amides is 7. The van der Waals surface area contributed by atoms with Crippen LogP contribution >= 0.6 is 11.8 Å². The fraction of sp³-hybridized carbons (Fsp3) is 0.743. The van der Waals surface area contributed by atoms with Gasteiger partial charge in [-0.15, -0.1) is 0 Å². The monoisotopic (exact) mass is 827 g/mol. The number of hydrogen-bond acceptors (Lipinski definition) is 11. The Morgan fingerprint density at radius 2 is 0.895 bits per heavy atom. The SMILES string of the molecule is CSCC[C@@H]1NC(=O)[C@H](CCCN=C(N)N)NC(=O)[C@H](CC(C)C)NC(=O)[C@H](CC(C)C)NC(=O)[C@H](C)NC(=O)[C@H](CO)NC(=O)[C@H](CCCN=C(N)N)NC1=O. The zero-order valence-electron chi connectivity index (χ0n) is 33.9. The van der Waals surface area contributed by atoms with Crippen molar-refractivity contribution in [1.82, 2.24) is 37.2 Å². The largest absolute Gasteiger partial charge is 0.394 e. The van der Waals surface area contributed by atoms with Gasteiger partial charge in [0.05, 0.1) is 6.61 Å². The first kappa shape index (κ1) is 50.2. The lowest BCUT2D eigenvalue weighted by molar-refractivity contribution is -0.135. The molecule has 1 aliphatic heterocycles. The quantitative estimate of drug-likeness (QED) is 0.0406. The number of carbonyl (C=O) groups is 7. The Morgan fingerprint density at radius 1 is 0.561 bits per heavy atom. The van der Waals surface area contributed by atoms with Gasteiger partial charge in [0.25, 0.3) is 0 Å². The summed E-state index contributed by atoms with van der Waals surface area (Å²) in [6.45, 7) is 8.08. The molecule has 0 aliphatic carbocycles. The summed E-state index contributed by atoms with van der Waals surface area (Å²) in [4.78, 5) is 104. The molecule has 0 bridgehead atoms. The second kappa shape index (κ2) is 26.1. The molecule has 0 aromatic carbocycles. The predicted molar refractivity (Wildman–Crippen MR) is 218 cm³/mol. The van der Waals surface area contributed by atoms with E-state index in [4.69, 9.17) is 22.9 Å². The minimum Gasteiger partial charge on any atom is -0.394 e. The maximum atomic E-state index is 14.0. The van der Waals surface area contributed by atoms with Crippen LogP contribution < -0.4 is 60.2 Å². The van der Waals surface area contributed by atoms with Gasteiger partial charge in [0, 0.05) is 13.1 Å². The molecule has 16 N–H and O–H groups in total. The molecule has 57 heavy (non-hydrogen) atoms. The van der Waals surface area contributed by atoms with Crippen LogP contribution in [0, 0.1) is 11.8 Å². The van der Waals surface area contributed by atoms with Gasteiger partial charge in [-0.3, -0.25) is 43.5 Å². The maximum absolute atomic E-state index is 14.0. The molecule has 0 unspecified atom stereocenters. The fourth-order valence-electron chi connectivity index (χ4n) is 5.69. The van der Waals surface area contributed by atoms with Crippen molar-refractivity contribution in [2.45, 2.75) is 122 Å². The fourth-order valence-corrected chi connectivity index (χ4v) is 6.16. The van der Waals surface area contributed by atoms with E-state index in [2.05, 4.69) is 47.2 Å². The van der Waals surface area contributed by atoms with Crippen LogP contribution in [0.5, 0.6) is 0 Å². The number of hydrogen-bond donors (Lipinski definition) is 12. The first-order valence-corrected chi connectivity index (χ1v) is 20.5. The Bertz CT molecular complexity index is 1420. The summed E-state index contributed by atoms with van der Waals surface area (Å²) in [5, 5.41) is 28.4. The third kappa shape index (κ3) is 19.7. The molecule has 7 atom stereocenters. The van der Waals surface area contributed by atoms with Crippen molar-refractivity contribution in [2.75, 3.05) is 31.7 Å². The van der Waals surface area contributed by atoms with Gasteiger partial charge in [-0.1, -0.05) is 27.7 Å².